The Morgan fingerprint density at radius 3 is 2.52 bits per heavy atom. The minimum absolute atomic E-state index is 0.213. The minimum Gasteiger partial charge on any atom is -0.497 e. The van der Waals surface area contributed by atoms with Crippen LogP contribution in [0.2, 0.25) is 0 Å². The SMILES string of the molecule is COc1cccc(/C=C(\C#N)C(=O)OCC(=O)N(C)CC(=O)Nc2ccc(C)cc2)c1. The maximum Gasteiger partial charge on any atom is 0.349 e. The van der Waals surface area contributed by atoms with Crippen molar-refractivity contribution in [3.8, 4) is 11.8 Å². The highest BCUT2D eigenvalue weighted by Gasteiger charge is 2.17. The Kier molecular flexibility index (Phi) is 8.34. The summed E-state index contributed by atoms with van der Waals surface area (Å²) >= 11 is 0. The van der Waals surface area contributed by atoms with Crippen LogP contribution in [0.3, 0.4) is 0 Å². The van der Waals surface area contributed by atoms with E-state index in [1.54, 1.807) is 42.5 Å². The van der Waals surface area contributed by atoms with Crippen LogP contribution in [0.15, 0.2) is 54.1 Å². The number of anilines is 1. The summed E-state index contributed by atoms with van der Waals surface area (Å²) < 4.78 is 10.0. The molecule has 0 aliphatic carbocycles. The largest absolute Gasteiger partial charge is 0.497 e. The van der Waals surface area contributed by atoms with Crippen LogP contribution >= 0.6 is 0 Å². The Hall–Kier alpha value is -4.12. The van der Waals surface area contributed by atoms with Gasteiger partial charge in [0.05, 0.1) is 13.7 Å². The number of hydrogen-bond donors (Lipinski definition) is 1. The summed E-state index contributed by atoms with van der Waals surface area (Å²) in [6.45, 7) is 1.13. The van der Waals surface area contributed by atoms with E-state index in [9.17, 15) is 19.6 Å². The zero-order valence-electron chi connectivity index (χ0n) is 17.5. The highest BCUT2D eigenvalue weighted by atomic mass is 16.5. The monoisotopic (exact) mass is 421 g/mol. The molecule has 0 atom stereocenters. The molecule has 0 saturated heterocycles. The van der Waals surface area contributed by atoms with Crippen LogP contribution < -0.4 is 10.1 Å². The van der Waals surface area contributed by atoms with E-state index in [0.717, 1.165) is 10.5 Å². The van der Waals surface area contributed by atoms with E-state index >= 15 is 0 Å². The van der Waals surface area contributed by atoms with Crippen molar-refractivity contribution in [2.75, 3.05) is 32.6 Å². The lowest BCUT2D eigenvalue weighted by Crippen LogP contribution is -2.37. The number of likely N-dealkylation sites (N-methyl/N-ethyl adjacent to an activating group) is 1. The van der Waals surface area contributed by atoms with E-state index in [4.69, 9.17) is 9.47 Å². The van der Waals surface area contributed by atoms with Gasteiger partial charge >= 0.3 is 5.97 Å². The van der Waals surface area contributed by atoms with Crippen LogP contribution in [0, 0.1) is 18.3 Å². The Balaban J connectivity index is 1.88. The maximum absolute atomic E-state index is 12.2. The van der Waals surface area contributed by atoms with Gasteiger partial charge in [0.25, 0.3) is 5.91 Å². The van der Waals surface area contributed by atoms with Gasteiger partial charge in [-0.15, -0.1) is 0 Å². The standard InChI is InChI=1S/C23H23N3O5/c1-16-7-9-19(10-8-16)25-21(27)14-26(2)22(28)15-31-23(29)18(13-24)11-17-5-4-6-20(12-17)30-3/h4-12H,14-15H2,1-3H3,(H,25,27)/b18-11+. The summed E-state index contributed by atoms with van der Waals surface area (Å²) in [6, 6.07) is 15.8. The first kappa shape index (κ1) is 23.2. The number of rotatable bonds is 8. The van der Waals surface area contributed by atoms with Crippen LogP contribution in [0.4, 0.5) is 5.69 Å². The lowest BCUT2D eigenvalue weighted by atomic mass is 10.1. The van der Waals surface area contributed by atoms with E-state index < -0.39 is 18.5 Å². The second-order valence-electron chi connectivity index (χ2n) is 6.69. The van der Waals surface area contributed by atoms with E-state index in [1.165, 1.54) is 20.2 Å². The zero-order chi connectivity index (χ0) is 22.8. The summed E-state index contributed by atoms with van der Waals surface area (Å²) in [5.41, 5.74) is 1.98. The topological polar surface area (TPSA) is 109 Å². The second-order valence-corrected chi connectivity index (χ2v) is 6.69. The number of amides is 2. The van der Waals surface area contributed by atoms with Gasteiger partial charge in [-0.1, -0.05) is 29.8 Å². The van der Waals surface area contributed by atoms with E-state index in [-0.39, 0.29) is 18.0 Å². The molecule has 1 N–H and O–H groups in total. The first-order valence-electron chi connectivity index (χ1n) is 9.36. The second kappa shape index (κ2) is 11.2. The number of aryl methyl sites for hydroxylation is 1. The third-order valence-electron chi connectivity index (χ3n) is 4.21. The predicted molar refractivity (Wildman–Crippen MR) is 115 cm³/mol. The van der Waals surface area contributed by atoms with Crippen LogP contribution in [0.25, 0.3) is 6.08 Å². The van der Waals surface area contributed by atoms with Gasteiger partial charge in [0.1, 0.15) is 17.4 Å². The number of ether oxygens (including phenoxy) is 2. The minimum atomic E-state index is -0.934. The number of hydrogen-bond acceptors (Lipinski definition) is 6. The average Bonchev–Trinajstić information content (AvgIpc) is 2.77. The number of carbonyl (C=O) groups is 3. The molecule has 0 aromatic heterocycles. The van der Waals surface area contributed by atoms with Crippen molar-refractivity contribution in [3.63, 3.8) is 0 Å². The van der Waals surface area contributed by atoms with Crippen molar-refractivity contribution in [1.29, 1.82) is 5.26 Å². The molecule has 31 heavy (non-hydrogen) atoms. The quantitative estimate of drug-likeness (QED) is 0.399. The van der Waals surface area contributed by atoms with Crippen LogP contribution in [0.5, 0.6) is 5.75 Å². The smallest absolute Gasteiger partial charge is 0.349 e. The molecule has 160 valence electrons. The molecule has 2 aromatic rings. The van der Waals surface area contributed by atoms with Crippen molar-refractivity contribution in [1.82, 2.24) is 4.90 Å². The van der Waals surface area contributed by atoms with Gasteiger partial charge in [-0.3, -0.25) is 9.59 Å². The van der Waals surface area contributed by atoms with Gasteiger partial charge in [0.15, 0.2) is 6.61 Å². The molecule has 0 spiro atoms. The Labute approximate surface area is 180 Å². The summed E-state index contributed by atoms with van der Waals surface area (Å²) in [6.07, 6.45) is 1.34. The molecule has 0 aliphatic heterocycles. The van der Waals surface area contributed by atoms with E-state index in [1.807, 2.05) is 19.1 Å². The highest BCUT2D eigenvalue weighted by molar-refractivity contribution is 5.99. The van der Waals surface area contributed by atoms with Crippen molar-refractivity contribution in [2.24, 2.45) is 0 Å². The molecule has 2 aromatic carbocycles. The van der Waals surface area contributed by atoms with Crippen molar-refractivity contribution < 1.29 is 23.9 Å². The molecule has 0 fully saturated rings. The third-order valence-corrected chi connectivity index (χ3v) is 4.21. The highest BCUT2D eigenvalue weighted by Crippen LogP contribution is 2.15. The molecule has 8 nitrogen and oxygen atoms in total. The fraction of sp³-hybridized carbons (Fsp3) is 0.217. The van der Waals surface area contributed by atoms with Gasteiger partial charge in [0, 0.05) is 12.7 Å². The van der Waals surface area contributed by atoms with Crippen LogP contribution in [0.1, 0.15) is 11.1 Å². The zero-order valence-corrected chi connectivity index (χ0v) is 17.5. The van der Waals surface area contributed by atoms with Gasteiger partial charge in [-0.05, 0) is 42.8 Å². The van der Waals surface area contributed by atoms with Gasteiger partial charge < -0.3 is 19.7 Å². The number of nitrogens with zero attached hydrogens (tertiary/aromatic N) is 2. The van der Waals surface area contributed by atoms with Gasteiger partial charge in [0.2, 0.25) is 5.91 Å². The third kappa shape index (κ3) is 7.33. The van der Waals surface area contributed by atoms with Gasteiger partial charge in [-0.2, -0.15) is 5.26 Å². The first-order valence-corrected chi connectivity index (χ1v) is 9.36. The Bertz CT molecular complexity index is 1020. The molecular weight excluding hydrogens is 398 g/mol. The summed E-state index contributed by atoms with van der Waals surface area (Å²) in [7, 11) is 2.92. The van der Waals surface area contributed by atoms with E-state index in [0.29, 0.717) is 17.0 Å². The van der Waals surface area contributed by atoms with Crippen LogP contribution in [-0.4, -0.2) is 50.0 Å². The molecule has 0 radical (unpaired) electrons. The normalized spacial score (nSPS) is 10.6. The number of nitriles is 1. The molecule has 2 amide bonds. The lowest BCUT2D eigenvalue weighted by Gasteiger charge is -2.16. The summed E-state index contributed by atoms with van der Waals surface area (Å²) in [5, 5.41) is 11.9. The molecule has 0 unspecified atom stereocenters. The van der Waals surface area contributed by atoms with Crippen molar-refractivity contribution in [2.45, 2.75) is 6.92 Å². The molecule has 8 heteroatoms. The van der Waals surface area contributed by atoms with E-state index in [2.05, 4.69) is 5.32 Å². The number of carbonyl (C=O) groups excluding carboxylic acids is 3. The Morgan fingerprint density at radius 1 is 1.16 bits per heavy atom. The Morgan fingerprint density at radius 2 is 1.87 bits per heavy atom. The fourth-order valence-electron chi connectivity index (χ4n) is 2.49. The summed E-state index contributed by atoms with van der Waals surface area (Å²) in [5.74, 6) is -1.33. The van der Waals surface area contributed by atoms with Gasteiger partial charge in [-0.25, -0.2) is 4.79 Å². The number of nitrogens with one attached hydrogen (secondary N) is 1. The first-order chi connectivity index (χ1) is 14.8. The molecule has 2 rings (SSSR count). The molecule has 0 saturated carbocycles. The average molecular weight is 421 g/mol. The molecule has 0 bridgehead atoms. The predicted octanol–water partition coefficient (Wildman–Crippen LogP) is 2.55. The number of methoxy groups -OCH3 is 1. The van der Waals surface area contributed by atoms with Crippen molar-refractivity contribution in [3.05, 3.63) is 65.2 Å². The fourth-order valence-corrected chi connectivity index (χ4v) is 2.49. The molecule has 0 heterocycles. The number of benzene rings is 2. The lowest BCUT2D eigenvalue weighted by molar-refractivity contribution is -0.148. The number of esters is 1. The molecule has 0 aliphatic rings. The van der Waals surface area contributed by atoms with Crippen molar-refractivity contribution >= 4 is 29.5 Å². The maximum atomic E-state index is 12.2. The molecular formula is C23H23N3O5. The summed E-state index contributed by atoms with van der Waals surface area (Å²) in [4.78, 5) is 37.6. The van der Waals surface area contributed by atoms with Crippen LogP contribution in [-0.2, 0) is 19.1 Å².